The monoisotopic (exact) mass is 203 g/mol. The van der Waals surface area contributed by atoms with Crippen molar-refractivity contribution in [3.8, 4) is 0 Å². The van der Waals surface area contributed by atoms with Crippen molar-refractivity contribution < 1.29 is 9.36 Å². The van der Waals surface area contributed by atoms with Crippen LogP contribution in [0, 0.1) is 0 Å². The maximum absolute atomic E-state index is 11.6. The minimum Gasteiger partial charge on any atom is -0.341 e. The van der Waals surface area contributed by atoms with Crippen LogP contribution in [0.1, 0.15) is 10.5 Å². The first-order valence-electron chi connectivity index (χ1n) is 4.51. The van der Waals surface area contributed by atoms with Gasteiger partial charge in [0.15, 0.2) is 12.4 Å². The maximum atomic E-state index is 11.6. The highest BCUT2D eigenvalue weighted by molar-refractivity contribution is 6.02. The molecule has 5 heteroatoms. The molecule has 2 N–H and O–H groups in total. The van der Waals surface area contributed by atoms with Crippen LogP contribution in [-0.2, 0) is 7.05 Å². The first kappa shape index (κ1) is 9.39. The molecule has 1 amide bonds. The summed E-state index contributed by atoms with van der Waals surface area (Å²) in [5.41, 5.74) is 1.20. The molecular formula is C10H11N4O+. The summed E-state index contributed by atoms with van der Waals surface area (Å²) >= 11 is 0. The zero-order chi connectivity index (χ0) is 10.7. The van der Waals surface area contributed by atoms with Gasteiger partial charge < -0.3 is 10.3 Å². The second-order valence-electron chi connectivity index (χ2n) is 3.17. The summed E-state index contributed by atoms with van der Waals surface area (Å²) < 4.78 is 1.89. The molecule has 15 heavy (non-hydrogen) atoms. The van der Waals surface area contributed by atoms with E-state index >= 15 is 0 Å². The number of imidazole rings is 1. The summed E-state index contributed by atoms with van der Waals surface area (Å²) in [6.45, 7) is 0. The van der Waals surface area contributed by atoms with Gasteiger partial charge in [0.05, 0.1) is 18.2 Å². The number of hydrogen-bond donors (Lipinski definition) is 2. The number of rotatable bonds is 2. The van der Waals surface area contributed by atoms with Gasteiger partial charge in [-0.3, -0.25) is 4.79 Å². The molecule has 76 valence electrons. The largest absolute Gasteiger partial charge is 0.341 e. The molecule has 0 aliphatic rings. The Morgan fingerprint density at radius 3 is 2.80 bits per heavy atom. The van der Waals surface area contributed by atoms with E-state index in [1.54, 1.807) is 0 Å². The number of aromatic amines is 1. The summed E-state index contributed by atoms with van der Waals surface area (Å²) in [7, 11) is 1.92. The van der Waals surface area contributed by atoms with Crippen molar-refractivity contribution in [2.75, 3.05) is 5.32 Å². The van der Waals surface area contributed by atoms with Gasteiger partial charge in [0.25, 0.3) is 5.91 Å². The number of amides is 1. The number of carbonyl (C=O) groups excluding carboxylic acids is 1. The number of anilines is 1. The summed E-state index contributed by atoms with van der Waals surface area (Å²) in [5, 5.41) is 2.75. The quantitative estimate of drug-likeness (QED) is 0.698. The first-order chi connectivity index (χ1) is 7.25. The van der Waals surface area contributed by atoms with Gasteiger partial charge in [-0.1, -0.05) is 0 Å². The Hall–Kier alpha value is -2.17. The van der Waals surface area contributed by atoms with E-state index < -0.39 is 0 Å². The molecule has 0 fully saturated rings. The standard InChI is InChI=1S/C10H10N4O/c1-14-4-2-8(3-5-14)13-10(15)9-6-11-7-12-9/h2-7H,1H3,(H,11,12,15)/p+1. The zero-order valence-corrected chi connectivity index (χ0v) is 8.27. The van der Waals surface area contributed by atoms with Gasteiger partial charge in [-0.25, -0.2) is 9.55 Å². The second-order valence-corrected chi connectivity index (χ2v) is 3.17. The maximum Gasteiger partial charge on any atom is 0.273 e. The lowest BCUT2D eigenvalue weighted by Gasteiger charge is -2.01. The van der Waals surface area contributed by atoms with Crippen molar-refractivity contribution in [3.63, 3.8) is 0 Å². The Bertz CT molecular complexity index is 447. The lowest BCUT2D eigenvalue weighted by atomic mass is 10.3. The van der Waals surface area contributed by atoms with Crippen LogP contribution in [0.2, 0.25) is 0 Å². The molecule has 2 aromatic rings. The van der Waals surface area contributed by atoms with Crippen molar-refractivity contribution in [1.29, 1.82) is 0 Å². The zero-order valence-electron chi connectivity index (χ0n) is 8.27. The van der Waals surface area contributed by atoms with Gasteiger partial charge >= 0.3 is 0 Å². The third kappa shape index (κ3) is 2.19. The molecule has 0 saturated heterocycles. The topological polar surface area (TPSA) is 61.7 Å². The van der Waals surface area contributed by atoms with E-state index in [2.05, 4.69) is 15.3 Å². The van der Waals surface area contributed by atoms with E-state index in [4.69, 9.17) is 0 Å². The van der Waals surface area contributed by atoms with Crippen molar-refractivity contribution in [3.05, 3.63) is 42.7 Å². The highest BCUT2D eigenvalue weighted by Gasteiger charge is 2.07. The molecule has 0 saturated carbocycles. The number of pyridine rings is 1. The highest BCUT2D eigenvalue weighted by Crippen LogP contribution is 2.04. The molecular weight excluding hydrogens is 192 g/mol. The highest BCUT2D eigenvalue weighted by atomic mass is 16.1. The van der Waals surface area contributed by atoms with Gasteiger partial charge in [0.1, 0.15) is 12.7 Å². The Kier molecular flexibility index (Phi) is 2.45. The Morgan fingerprint density at radius 1 is 1.47 bits per heavy atom. The van der Waals surface area contributed by atoms with E-state index in [9.17, 15) is 4.79 Å². The van der Waals surface area contributed by atoms with Gasteiger partial charge in [-0.05, 0) is 0 Å². The molecule has 0 spiro atoms. The fraction of sp³-hybridized carbons (Fsp3) is 0.100. The van der Waals surface area contributed by atoms with Crippen LogP contribution in [0.4, 0.5) is 5.69 Å². The SMILES string of the molecule is C[n+]1ccc(NC(=O)c2cnc[nH]2)cc1. The number of nitrogens with one attached hydrogen (secondary N) is 2. The van der Waals surface area contributed by atoms with Crippen LogP contribution < -0.4 is 9.88 Å². The van der Waals surface area contributed by atoms with Crippen LogP contribution >= 0.6 is 0 Å². The molecule has 0 radical (unpaired) electrons. The van der Waals surface area contributed by atoms with Gasteiger partial charge in [0, 0.05) is 12.1 Å². The van der Waals surface area contributed by atoms with Crippen LogP contribution in [0.15, 0.2) is 37.1 Å². The third-order valence-electron chi connectivity index (χ3n) is 1.98. The van der Waals surface area contributed by atoms with E-state index in [1.807, 2.05) is 36.1 Å². The number of carbonyl (C=O) groups is 1. The molecule has 2 heterocycles. The predicted molar refractivity (Wildman–Crippen MR) is 54.2 cm³/mol. The van der Waals surface area contributed by atoms with Gasteiger partial charge in [-0.2, -0.15) is 0 Å². The lowest BCUT2D eigenvalue weighted by Crippen LogP contribution is -2.26. The van der Waals surface area contributed by atoms with E-state index in [1.165, 1.54) is 12.5 Å². The van der Waals surface area contributed by atoms with Crippen LogP contribution in [-0.4, -0.2) is 15.9 Å². The fourth-order valence-corrected chi connectivity index (χ4v) is 1.16. The number of hydrogen-bond acceptors (Lipinski definition) is 2. The third-order valence-corrected chi connectivity index (χ3v) is 1.98. The summed E-state index contributed by atoms with van der Waals surface area (Å²) in [5.74, 6) is -0.193. The summed E-state index contributed by atoms with van der Waals surface area (Å²) in [4.78, 5) is 18.1. The van der Waals surface area contributed by atoms with E-state index in [0.29, 0.717) is 5.69 Å². The molecule has 0 aliphatic carbocycles. The molecule has 0 aromatic carbocycles. The molecule has 0 atom stereocenters. The van der Waals surface area contributed by atoms with E-state index in [-0.39, 0.29) is 5.91 Å². The molecule has 0 bridgehead atoms. The fourth-order valence-electron chi connectivity index (χ4n) is 1.16. The molecule has 0 unspecified atom stereocenters. The summed E-state index contributed by atoms with van der Waals surface area (Å²) in [6, 6.07) is 3.66. The predicted octanol–water partition coefficient (Wildman–Crippen LogP) is 0.486. The minimum atomic E-state index is -0.193. The summed E-state index contributed by atoms with van der Waals surface area (Å²) in [6.07, 6.45) is 6.68. The number of aryl methyl sites for hydroxylation is 1. The van der Waals surface area contributed by atoms with Crippen molar-refractivity contribution in [2.45, 2.75) is 0 Å². The minimum absolute atomic E-state index is 0.193. The molecule has 2 rings (SSSR count). The number of nitrogens with zero attached hydrogens (tertiary/aromatic N) is 2. The Morgan fingerprint density at radius 2 is 2.20 bits per heavy atom. The normalized spacial score (nSPS) is 9.93. The Labute approximate surface area is 86.8 Å². The van der Waals surface area contributed by atoms with Crippen LogP contribution in [0.25, 0.3) is 0 Å². The molecule has 0 aliphatic heterocycles. The van der Waals surface area contributed by atoms with Crippen LogP contribution in [0.5, 0.6) is 0 Å². The molecule has 5 nitrogen and oxygen atoms in total. The smallest absolute Gasteiger partial charge is 0.273 e. The second kappa shape index (κ2) is 3.91. The first-order valence-corrected chi connectivity index (χ1v) is 4.51. The number of aromatic nitrogens is 3. The average Bonchev–Trinajstić information content (AvgIpc) is 2.74. The Balaban J connectivity index is 2.09. The lowest BCUT2D eigenvalue weighted by molar-refractivity contribution is -0.671. The van der Waals surface area contributed by atoms with E-state index in [0.717, 1.165) is 5.69 Å². The number of H-pyrrole nitrogens is 1. The molecule has 2 aromatic heterocycles. The van der Waals surface area contributed by atoms with Crippen molar-refractivity contribution in [1.82, 2.24) is 9.97 Å². The van der Waals surface area contributed by atoms with Crippen molar-refractivity contribution >= 4 is 11.6 Å². The van der Waals surface area contributed by atoms with Crippen molar-refractivity contribution in [2.24, 2.45) is 7.05 Å². The van der Waals surface area contributed by atoms with Crippen LogP contribution in [0.3, 0.4) is 0 Å². The van der Waals surface area contributed by atoms with Gasteiger partial charge in [0.2, 0.25) is 0 Å². The average molecular weight is 203 g/mol. The van der Waals surface area contributed by atoms with Gasteiger partial charge in [-0.15, -0.1) is 0 Å².